The molecule has 0 spiro atoms. The zero-order valence-electron chi connectivity index (χ0n) is 16.2. The smallest absolute Gasteiger partial charge is 0.322 e. The maximum absolute atomic E-state index is 12.3. The summed E-state index contributed by atoms with van der Waals surface area (Å²) in [6, 6.07) is 13.7. The summed E-state index contributed by atoms with van der Waals surface area (Å²) in [5, 5.41) is 10.5. The van der Waals surface area contributed by atoms with E-state index < -0.39 is 0 Å². The van der Waals surface area contributed by atoms with Crippen molar-refractivity contribution in [2.24, 2.45) is 0 Å². The number of nitrogens with one attached hydrogen (secondary N) is 1. The van der Waals surface area contributed by atoms with Gasteiger partial charge >= 0.3 is 6.01 Å². The summed E-state index contributed by atoms with van der Waals surface area (Å²) < 4.78 is 16.0. The normalized spacial score (nSPS) is 10.5. The molecule has 1 aromatic heterocycles. The number of amides is 1. The number of carbonyl (C=O) groups excluding carboxylic acids is 1. The number of anilines is 1. The fourth-order valence-corrected chi connectivity index (χ4v) is 2.78. The monoisotopic (exact) mass is 381 g/mol. The molecule has 0 saturated carbocycles. The molecule has 1 heterocycles. The van der Waals surface area contributed by atoms with E-state index in [9.17, 15) is 4.79 Å². The molecule has 0 aliphatic heterocycles. The van der Waals surface area contributed by atoms with Gasteiger partial charge in [-0.05, 0) is 35.2 Å². The Labute approximate surface area is 163 Å². The molecule has 0 aliphatic rings. The molecule has 0 bridgehead atoms. The van der Waals surface area contributed by atoms with E-state index in [0.717, 1.165) is 17.5 Å². The Bertz CT molecular complexity index is 935. The van der Waals surface area contributed by atoms with Gasteiger partial charge in [0.15, 0.2) is 11.5 Å². The van der Waals surface area contributed by atoms with Crippen molar-refractivity contribution in [2.75, 3.05) is 19.5 Å². The lowest BCUT2D eigenvalue weighted by Crippen LogP contribution is -2.14. The fourth-order valence-electron chi connectivity index (χ4n) is 2.78. The number of benzene rings is 2. The van der Waals surface area contributed by atoms with E-state index in [2.05, 4.69) is 34.6 Å². The van der Waals surface area contributed by atoms with Crippen molar-refractivity contribution in [3.63, 3.8) is 0 Å². The van der Waals surface area contributed by atoms with E-state index in [1.807, 2.05) is 12.1 Å². The fraction of sp³-hybridized carbons (Fsp3) is 0.286. The lowest BCUT2D eigenvalue weighted by molar-refractivity contribution is -0.115. The summed E-state index contributed by atoms with van der Waals surface area (Å²) in [6.07, 6.45) is 1.66. The Balaban J connectivity index is 1.59. The van der Waals surface area contributed by atoms with Gasteiger partial charge in [-0.25, -0.2) is 0 Å². The van der Waals surface area contributed by atoms with E-state index >= 15 is 0 Å². The third-order valence-corrected chi connectivity index (χ3v) is 4.31. The van der Waals surface area contributed by atoms with Crippen LogP contribution in [0.3, 0.4) is 0 Å². The average Bonchev–Trinajstić information content (AvgIpc) is 3.14. The molecule has 7 heteroatoms. The van der Waals surface area contributed by atoms with Crippen LogP contribution in [0.2, 0.25) is 0 Å². The maximum atomic E-state index is 12.3. The van der Waals surface area contributed by atoms with Gasteiger partial charge in [-0.2, -0.15) is 0 Å². The van der Waals surface area contributed by atoms with Gasteiger partial charge in [0.05, 0.1) is 27.1 Å². The van der Waals surface area contributed by atoms with Gasteiger partial charge in [-0.3, -0.25) is 10.1 Å². The Morgan fingerprint density at radius 3 is 2.32 bits per heavy atom. The Morgan fingerprint density at radius 1 is 0.964 bits per heavy atom. The van der Waals surface area contributed by atoms with Crippen molar-refractivity contribution >= 4 is 11.9 Å². The molecule has 3 aromatic rings. The van der Waals surface area contributed by atoms with Crippen molar-refractivity contribution in [3.05, 3.63) is 65.0 Å². The second kappa shape index (κ2) is 9.03. The summed E-state index contributed by atoms with van der Waals surface area (Å²) in [7, 11) is 3.12. The van der Waals surface area contributed by atoms with Crippen molar-refractivity contribution < 1.29 is 18.7 Å². The van der Waals surface area contributed by atoms with Crippen LogP contribution in [0.4, 0.5) is 6.01 Å². The van der Waals surface area contributed by atoms with Crippen LogP contribution < -0.4 is 14.8 Å². The number of methoxy groups -OCH3 is 2. The maximum Gasteiger partial charge on any atom is 0.322 e. The zero-order chi connectivity index (χ0) is 19.9. The van der Waals surface area contributed by atoms with E-state index in [4.69, 9.17) is 13.9 Å². The standard InChI is InChI=1S/C21H23N3O4/c1-4-14-5-7-15(8-6-14)13-20-23-24-21(28-20)22-19(25)12-16-9-10-17(26-2)18(11-16)27-3/h5-11H,4,12-13H2,1-3H3,(H,22,24,25). The van der Waals surface area contributed by atoms with E-state index in [0.29, 0.717) is 23.8 Å². The summed E-state index contributed by atoms with van der Waals surface area (Å²) in [4.78, 5) is 12.3. The number of aryl methyl sites for hydroxylation is 1. The molecule has 1 amide bonds. The zero-order valence-corrected chi connectivity index (χ0v) is 16.2. The second-order valence-electron chi connectivity index (χ2n) is 6.26. The molecule has 1 N–H and O–H groups in total. The van der Waals surface area contributed by atoms with Crippen molar-refractivity contribution in [1.29, 1.82) is 0 Å². The van der Waals surface area contributed by atoms with Crippen molar-refractivity contribution in [3.8, 4) is 11.5 Å². The number of ether oxygens (including phenoxy) is 2. The SMILES string of the molecule is CCc1ccc(Cc2nnc(NC(=O)Cc3ccc(OC)c(OC)c3)o2)cc1. The van der Waals surface area contributed by atoms with Crippen molar-refractivity contribution in [1.82, 2.24) is 10.2 Å². The molecule has 146 valence electrons. The number of rotatable bonds is 8. The van der Waals surface area contributed by atoms with Gasteiger partial charge in [0.25, 0.3) is 0 Å². The topological polar surface area (TPSA) is 86.5 Å². The third-order valence-electron chi connectivity index (χ3n) is 4.31. The highest BCUT2D eigenvalue weighted by Crippen LogP contribution is 2.27. The van der Waals surface area contributed by atoms with Crippen LogP contribution >= 0.6 is 0 Å². The lowest BCUT2D eigenvalue weighted by Gasteiger charge is -2.09. The summed E-state index contributed by atoms with van der Waals surface area (Å²) >= 11 is 0. The van der Waals surface area contributed by atoms with Gasteiger partial charge in [0.2, 0.25) is 11.8 Å². The first-order valence-electron chi connectivity index (χ1n) is 9.02. The van der Waals surface area contributed by atoms with E-state index in [1.165, 1.54) is 5.56 Å². The molecule has 2 aromatic carbocycles. The number of hydrogen-bond acceptors (Lipinski definition) is 6. The van der Waals surface area contributed by atoms with Crippen LogP contribution in [-0.2, 0) is 24.1 Å². The van der Waals surface area contributed by atoms with E-state index in [1.54, 1.807) is 32.4 Å². The first kappa shape index (κ1) is 19.4. The number of aromatic nitrogens is 2. The predicted octanol–water partition coefficient (Wildman–Crippen LogP) is 3.42. The minimum absolute atomic E-state index is 0.0886. The molecule has 0 atom stereocenters. The first-order chi connectivity index (χ1) is 13.6. The highest BCUT2D eigenvalue weighted by Gasteiger charge is 2.12. The molecule has 7 nitrogen and oxygen atoms in total. The highest BCUT2D eigenvalue weighted by atomic mass is 16.5. The Kier molecular flexibility index (Phi) is 6.26. The molecule has 0 saturated heterocycles. The average molecular weight is 381 g/mol. The van der Waals surface area contributed by atoms with Crippen LogP contribution in [0, 0.1) is 0 Å². The molecule has 0 fully saturated rings. The molecule has 3 rings (SSSR count). The number of hydrogen-bond donors (Lipinski definition) is 1. The van der Waals surface area contributed by atoms with Crippen LogP contribution in [0.15, 0.2) is 46.9 Å². The van der Waals surface area contributed by atoms with Gasteiger partial charge in [-0.15, -0.1) is 5.10 Å². The highest BCUT2D eigenvalue weighted by molar-refractivity contribution is 5.90. The van der Waals surface area contributed by atoms with Crippen LogP contribution in [0.25, 0.3) is 0 Å². The van der Waals surface area contributed by atoms with Gasteiger partial charge in [-0.1, -0.05) is 42.4 Å². The number of nitrogens with zero attached hydrogens (tertiary/aromatic N) is 2. The van der Waals surface area contributed by atoms with Gasteiger partial charge in [0, 0.05) is 0 Å². The minimum atomic E-state index is -0.255. The lowest BCUT2D eigenvalue weighted by atomic mass is 10.1. The third kappa shape index (κ3) is 4.88. The van der Waals surface area contributed by atoms with Gasteiger partial charge in [0.1, 0.15) is 0 Å². The van der Waals surface area contributed by atoms with E-state index in [-0.39, 0.29) is 18.3 Å². The Hall–Kier alpha value is -3.35. The summed E-state index contributed by atoms with van der Waals surface area (Å²) in [5.41, 5.74) is 3.13. The molecule has 0 radical (unpaired) electrons. The predicted molar refractivity (Wildman–Crippen MR) is 105 cm³/mol. The molecular formula is C21H23N3O4. The minimum Gasteiger partial charge on any atom is -0.493 e. The summed E-state index contributed by atoms with van der Waals surface area (Å²) in [6.45, 7) is 2.12. The molecule has 28 heavy (non-hydrogen) atoms. The molecular weight excluding hydrogens is 358 g/mol. The molecule has 0 aliphatic carbocycles. The quantitative estimate of drug-likeness (QED) is 0.643. The first-order valence-corrected chi connectivity index (χ1v) is 9.02. The number of carbonyl (C=O) groups is 1. The summed E-state index contributed by atoms with van der Waals surface area (Å²) in [5.74, 6) is 1.38. The Morgan fingerprint density at radius 2 is 1.64 bits per heavy atom. The van der Waals surface area contributed by atoms with Crippen molar-refractivity contribution in [2.45, 2.75) is 26.2 Å². The van der Waals surface area contributed by atoms with Gasteiger partial charge < -0.3 is 13.9 Å². The van der Waals surface area contributed by atoms with Crippen LogP contribution in [0.1, 0.15) is 29.5 Å². The largest absolute Gasteiger partial charge is 0.493 e. The van der Waals surface area contributed by atoms with Crippen LogP contribution in [0.5, 0.6) is 11.5 Å². The molecule has 0 unspecified atom stereocenters. The second-order valence-corrected chi connectivity index (χ2v) is 6.26. The van der Waals surface area contributed by atoms with Crippen LogP contribution in [-0.4, -0.2) is 30.3 Å².